The number of likely N-dealkylation sites (tertiary alicyclic amines) is 1. The van der Waals surface area contributed by atoms with Crippen molar-refractivity contribution in [3.8, 4) is 28.1 Å². The summed E-state index contributed by atoms with van der Waals surface area (Å²) in [6.45, 7) is 14.8. The highest BCUT2D eigenvalue weighted by Gasteiger charge is 2.40. The maximum atomic E-state index is 15.1. The van der Waals surface area contributed by atoms with E-state index in [0.717, 1.165) is 27.7 Å². The maximum absolute atomic E-state index is 15.1. The van der Waals surface area contributed by atoms with Gasteiger partial charge in [0.1, 0.15) is 29.7 Å². The molecule has 384 valence electrons. The molecule has 4 atom stereocenters. The zero-order valence-electron chi connectivity index (χ0n) is 41.0. The van der Waals surface area contributed by atoms with E-state index in [1.54, 1.807) is 31.2 Å². The van der Waals surface area contributed by atoms with Crippen molar-refractivity contribution in [1.29, 1.82) is 0 Å². The minimum Gasteiger partial charge on any atom is -0.508 e. The molecule has 70 heavy (non-hydrogen) atoms. The quantitative estimate of drug-likeness (QED) is 0.126. The highest BCUT2D eigenvalue weighted by atomic mass is 32.1. The molecule has 3 N–H and O–H groups in total. The number of nitrogens with one attached hydrogen (secondary N) is 2. The molecular weight excluding hydrogens is 974 g/mol. The van der Waals surface area contributed by atoms with Gasteiger partial charge in [0.05, 0.1) is 36.7 Å². The maximum Gasteiger partial charge on any atom is 0.324 e. The predicted molar refractivity (Wildman–Crippen MR) is 288 cm³/mol. The fraction of sp³-hybridized carbons (Fsp3) is 0.480. The van der Waals surface area contributed by atoms with E-state index in [0.29, 0.717) is 61.2 Å². The predicted octanol–water partition coefficient (Wildman–Crippen LogP) is 6.00. The molecule has 5 heterocycles. The Kier molecular flexibility index (Phi) is 21.4. The Morgan fingerprint density at radius 3 is 2.47 bits per heavy atom. The van der Waals surface area contributed by atoms with E-state index in [2.05, 4.69) is 26.9 Å². The summed E-state index contributed by atoms with van der Waals surface area (Å²) in [5.41, 5.74) is 8.13. The number of carbonyl (C=O) groups excluding carboxylic acids is 5. The smallest absolute Gasteiger partial charge is 0.324 e. The molecule has 3 aliphatic heterocycles. The summed E-state index contributed by atoms with van der Waals surface area (Å²) >= 11 is 0. The molecule has 3 aliphatic rings. The second kappa shape index (κ2) is 25.1. The number of hydrogen-bond acceptors (Lipinski definition) is 10. The topological polar surface area (TPSA) is 176 Å². The largest absolute Gasteiger partial charge is 0.508 e. The Balaban J connectivity index is 0.00000324. The number of hydrazine groups is 1. The van der Waals surface area contributed by atoms with Crippen LogP contribution in [0.4, 0.5) is 4.39 Å². The lowest BCUT2D eigenvalue weighted by atomic mass is 9.84. The molecular formula is C50H70FN7O8S4. The summed E-state index contributed by atoms with van der Waals surface area (Å²) in [6.07, 6.45) is 4.10. The van der Waals surface area contributed by atoms with Crippen LogP contribution in [0.5, 0.6) is 5.75 Å². The van der Waals surface area contributed by atoms with E-state index >= 15 is 4.39 Å². The van der Waals surface area contributed by atoms with E-state index < -0.39 is 53.1 Å². The molecule has 2 aromatic heterocycles. The highest BCUT2D eigenvalue weighted by Crippen LogP contribution is 2.41. The molecule has 2 aromatic carbocycles. The standard InChI is InChI=1S/C50H62FN7O8.4H2S/c1-9-43(60)56-17-15-32(26-56)47(62)55(7)44(29(3)4)46(61)53-40-20-30-18-33(21-35(59)19-30)31-13-14-42-36(22-31)38(45(57(42)10-2)37-23-34(51)25-52-41(37)27-65-8)24-50(5,6)28-66-49(64)39-12-11-16-58(54-39)48(40)63;;;;/h9,13-14,18-19,21-23,25,29,32,39-40,44,54,59H,1,10-12,15-17,20,24,26-28H2,2-8H3,(H,53,61);4*1H2/t32-,39-,40-,44-;;;;/m0..../s1. The normalized spacial score (nSPS) is 19.3. The number of aryl methyl sites for hydroxylation is 1. The van der Waals surface area contributed by atoms with Crippen LogP contribution in [-0.2, 0) is 59.4 Å². The Labute approximate surface area is 438 Å². The third kappa shape index (κ3) is 12.8. The highest BCUT2D eigenvalue weighted by molar-refractivity contribution is 7.59. The molecule has 6 bridgehead atoms. The van der Waals surface area contributed by atoms with Gasteiger partial charge in [-0.2, -0.15) is 54.0 Å². The molecule has 2 fully saturated rings. The van der Waals surface area contributed by atoms with Gasteiger partial charge in [-0.15, -0.1) is 0 Å². The van der Waals surface area contributed by atoms with Crippen molar-refractivity contribution in [3.05, 3.63) is 84.0 Å². The number of benzene rings is 2. The number of likely N-dealkylation sites (N-methyl/N-ethyl adjacent to an activating group) is 1. The zero-order chi connectivity index (χ0) is 47.6. The summed E-state index contributed by atoms with van der Waals surface area (Å²) in [7, 11) is 3.13. The van der Waals surface area contributed by atoms with Gasteiger partial charge in [-0.3, -0.25) is 34.0 Å². The molecule has 2 saturated heterocycles. The number of fused-ring (bicyclic) bond motifs is 6. The first-order chi connectivity index (χ1) is 31.4. The van der Waals surface area contributed by atoms with E-state index in [4.69, 9.17) is 9.47 Å². The van der Waals surface area contributed by atoms with Gasteiger partial charge in [0.25, 0.3) is 5.91 Å². The number of methoxy groups -OCH3 is 1. The average Bonchev–Trinajstić information content (AvgIpc) is 3.90. The van der Waals surface area contributed by atoms with Crippen molar-refractivity contribution in [2.24, 2.45) is 17.3 Å². The van der Waals surface area contributed by atoms with Crippen LogP contribution in [0.15, 0.2) is 61.3 Å². The Bertz CT molecular complexity index is 2560. The van der Waals surface area contributed by atoms with Gasteiger partial charge >= 0.3 is 5.97 Å². The molecule has 15 nitrogen and oxygen atoms in total. The number of phenols is 1. The van der Waals surface area contributed by atoms with Crippen LogP contribution >= 0.6 is 54.0 Å². The van der Waals surface area contributed by atoms with Gasteiger partial charge in [-0.1, -0.05) is 46.4 Å². The number of amides is 4. The second-order valence-corrected chi connectivity index (χ2v) is 18.9. The number of nitrogens with zero attached hydrogens (tertiary/aromatic N) is 5. The SMILES string of the molecule is C=CC(=O)N1CC[C@H](C(=O)N(C)[C@H](C(=O)N[C@H]2Cc3cc(O)cc(c3)-c3ccc4c(c3)c(c(-c3cc(F)cnc3COC)n4CC)CC(C)(C)COC(=O)[C@@H]3CCCN(N3)C2=O)C(C)C)C1.S.S.S.S. The zero-order valence-corrected chi connectivity index (χ0v) is 45.0. The van der Waals surface area contributed by atoms with Gasteiger partial charge in [0, 0.05) is 68.6 Å². The number of pyridine rings is 1. The van der Waals surface area contributed by atoms with Crippen LogP contribution in [0.3, 0.4) is 0 Å². The van der Waals surface area contributed by atoms with Crippen LogP contribution in [-0.4, -0.2) is 118 Å². The Hall–Kier alpha value is -4.73. The van der Waals surface area contributed by atoms with Crippen LogP contribution in [0, 0.1) is 23.1 Å². The molecule has 7 rings (SSSR count). The Morgan fingerprint density at radius 1 is 1.07 bits per heavy atom. The number of ether oxygens (including phenoxy) is 2. The van der Waals surface area contributed by atoms with Crippen molar-refractivity contribution in [3.63, 3.8) is 0 Å². The number of rotatable bonds is 10. The summed E-state index contributed by atoms with van der Waals surface area (Å²) in [6, 6.07) is 9.50. The molecule has 0 aliphatic carbocycles. The first-order valence-corrected chi connectivity index (χ1v) is 22.8. The fourth-order valence-electron chi connectivity index (χ4n) is 9.84. The van der Waals surface area contributed by atoms with Crippen LogP contribution in [0.1, 0.15) is 70.7 Å². The van der Waals surface area contributed by atoms with Crippen molar-refractivity contribution in [2.75, 3.05) is 40.4 Å². The number of phenolic OH excluding ortho intramolecular Hbond substituents is 1. The monoisotopic (exact) mass is 1040 g/mol. The van der Waals surface area contributed by atoms with Crippen LogP contribution < -0.4 is 10.7 Å². The van der Waals surface area contributed by atoms with Crippen molar-refractivity contribution in [1.82, 2.24) is 35.1 Å². The van der Waals surface area contributed by atoms with E-state index in [-0.39, 0.29) is 110 Å². The Morgan fingerprint density at radius 2 is 1.80 bits per heavy atom. The molecule has 4 amide bonds. The van der Waals surface area contributed by atoms with E-state index in [1.165, 1.54) is 28.2 Å². The number of hydrogen-bond donors (Lipinski definition) is 3. The van der Waals surface area contributed by atoms with Crippen LogP contribution in [0.2, 0.25) is 0 Å². The number of aromatic hydroxyl groups is 1. The second-order valence-electron chi connectivity index (χ2n) is 18.9. The minimum absolute atomic E-state index is 0. The van der Waals surface area contributed by atoms with E-state index in [1.807, 2.05) is 58.9 Å². The van der Waals surface area contributed by atoms with Crippen molar-refractivity contribution in [2.45, 2.75) is 98.0 Å². The molecule has 0 unspecified atom stereocenters. The van der Waals surface area contributed by atoms with Gasteiger partial charge < -0.3 is 34.3 Å². The first-order valence-electron chi connectivity index (χ1n) is 22.8. The third-order valence-electron chi connectivity index (χ3n) is 13.0. The number of carbonyl (C=O) groups is 5. The molecule has 0 radical (unpaired) electrons. The first kappa shape index (κ1) is 59.6. The van der Waals surface area contributed by atoms with Gasteiger partial charge in [0.2, 0.25) is 17.7 Å². The molecule has 20 heteroatoms. The molecule has 0 saturated carbocycles. The molecule has 0 spiro atoms. The lowest BCUT2D eigenvalue weighted by molar-refractivity contribution is -0.155. The number of halogens is 1. The average molecular weight is 1040 g/mol. The van der Waals surface area contributed by atoms with Crippen molar-refractivity contribution >= 4 is 94.5 Å². The van der Waals surface area contributed by atoms with E-state index in [9.17, 15) is 29.1 Å². The minimum atomic E-state index is -1.19. The van der Waals surface area contributed by atoms with Gasteiger partial charge in [0.15, 0.2) is 0 Å². The van der Waals surface area contributed by atoms with Gasteiger partial charge in [-0.25, -0.2) is 9.82 Å². The lowest BCUT2D eigenvalue weighted by Gasteiger charge is -2.37. The third-order valence-corrected chi connectivity index (χ3v) is 13.0. The summed E-state index contributed by atoms with van der Waals surface area (Å²) in [4.78, 5) is 76.7. The number of esters is 1. The van der Waals surface area contributed by atoms with Crippen molar-refractivity contribution < 1.29 is 42.9 Å². The summed E-state index contributed by atoms with van der Waals surface area (Å²) < 4.78 is 28.8. The number of aromatic nitrogens is 2. The van der Waals surface area contributed by atoms with Gasteiger partial charge in [-0.05, 0) is 97.2 Å². The fourth-order valence-corrected chi connectivity index (χ4v) is 9.84. The lowest BCUT2D eigenvalue weighted by Crippen LogP contribution is -2.62. The van der Waals surface area contributed by atoms with Crippen LogP contribution in [0.25, 0.3) is 33.3 Å². The molecule has 4 aromatic rings. The summed E-state index contributed by atoms with van der Waals surface area (Å²) in [5, 5.41) is 16.5. The number of cyclic esters (lactones) is 1. The summed E-state index contributed by atoms with van der Waals surface area (Å²) in [5.74, 6) is -3.56.